The van der Waals surface area contributed by atoms with E-state index < -0.39 is 23.5 Å². The van der Waals surface area contributed by atoms with E-state index in [1.165, 1.54) is 12.3 Å². The van der Waals surface area contributed by atoms with Gasteiger partial charge in [-0.1, -0.05) is 0 Å². The maximum atomic E-state index is 13.7. The lowest BCUT2D eigenvalue weighted by Crippen LogP contribution is -2.48. The number of halogens is 5. The first-order chi connectivity index (χ1) is 16.8. The second-order valence-electron chi connectivity index (χ2n) is 9.28. The zero-order valence-electron chi connectivity index (χ0n) is 18.5. The second-order valence-corrected chi connectivity index (χ2v) is 9.28. The minimum atomic E-state index is -4.48. The zero-order valence-corrected chi connectivity index (χ0v) is 18.5. The highest BCUT2D eigenvalue weighted by Crippen LogP contribution is 2.41. The van der Waals surface area contributed by atoms with Crippen LogP contribution < -0.4 is 15.1 Å². The molecule has 2 bridgehead atoms. The Morgan fingerprint density at radius 1 is 0.914 bits per heavy atom. The van der Waals surface area contributed by atoms with E-state index in [2.05, 4.69) is 20.4 Å². The Morgan fingerprint density at radius 2 is 1.69 bits per heavy atom. The fraction of sp³-hybridized carbons (Fsp3) is 0.435. The van der Waals surface area contributed by atoms with E-state index in [1.54, 1.807) is 15.6 Å². The molecule has 6 rings (SSSR count). The van der Waals surface area contributed by atoms with Gasteiger partial charge in [-0.25, -0.2) is 13.5 Å². The fourth-order valence-corrected chi connectivity index (χ4v) is 5.53. The summed E-state index contributed by atoms with van der Waals surface area (Å²) in [6, 6.07) is 6.59. The van der Waals surface area contributed by atoms with Gasteiger partial charge in [0.05, 0.1) is 6.54 Å². The van der Waals surface area contributed by atoms with Crippen molar-refractivity contribution in [3.05, 3.63) is 53.9 Å². The lowest BCUT2D eigenvalue weighted by Gasteiger charge is -2.39. The molecule has 2 unspecified atom stereocenters. The molecule has 2 aromatic heterocycles. The van der Waals surface area contributed by atoms with Gasteiger partial charge in [0, 0.05) is 49.3 Å². The highest BCUT2D eigenvalue weighted by molar-refractivity contribution is 5.60. The third-order valence-corrected chi connectivity index (χ3v) is 7.17. The first kappa shape index (κ1) is 22.1. The van der Waals surface area contributed by atoms with Gasteiger partial charge in [0.15, 0.2) is 11.6 Å². The Hall–Kier alpha value is -3.44. The third-order valence-electron chi connectivity index (χ3n) is 7.17. The van der Waals surface area contributed by atoms with Crippen LogP contribution in [-0.4, -0.2) is 45.4 Å². The molecular weight excluding hydrogens is 469 g/mol. The van der Waals surface area contributed by atoms with Gasteiger partial charge in [0.25, 0.3) is 0 Å². The van der Waals surface area contributed by atoms with Crippen LogP contribution in [0.1, 0.15) is 18.5 Å². The smallest absolute Gasteiger partial charge is 0.371 e. The van der Waals surface area contributed by atoms with Crippen LogP contribution in [0.4, 0.5) is 45.2 Å². The van der Waals surface area contributed by atoms with Crippen LogP contribution in [0, 0.1) is 23.5 Å². The Kier molecular flexibility index (Phi) is 5.08. The molecule has 3 atom stereocenters. The molecule has 2 fully saturated rings. The van der Waals surface area contributed by atoms with Gasteiger partial charge in [-0.3, -0.25) is 4.98 Å². The minimum Gasteiger partial charge on any atom is -0.371 e. The molecule has 184 valence electrons. The van der Waals surface area contributed by atoms with Gasteiger partial charge >= 0.3 is 6.18 Å². The van der Waals surface area contributed by atoms with Crippen LogP contribution in [0.25, 0.3) is 0 Å². The fourth-order valence-electron chi connectivity index (χ4n) is 5.53. The van der Waals surface area contributed by atoms with Crippen LogP contribution in [0.2, 0.25) is 0 Å². The molecule has 35 heavy (non-hydrogen) atoms. The van der Waals surface area contributed by atoms with Crippen molar-refractivity contribution in [2.75, 3.05) is 34.8 Å². The van der Waals surface area contributed by atoms with E-state index in [1.807, 2.05) is 4.90 Å². The summed E-state index contributed by atoms with van der Waals surface area (Å²) in [4.78, 5) is 11.9. The maximum Gasteiger partial charge on any atom is 0.433 e. The van der Waals surface area contributed by atoms with E-state index in [0.29, 0.717) is 49.5 Å². The molecule has 0 radical (unpaired) electrons. The SMILES string of the molecule is Fc1ccc(N2CCn3nc(NC4C5CC[C@H]4CN(c4ccnc(C(F)(F)F)c4)C5)nc32)cc1F. The van der Waals surface area contributed by atoms with Gasteiger partial charge in [0.1, 0.15) is 5.69 Å². The number of aromatic nitrogens is 4. The molecule has 7 nitrogen and oxygen atoms in total. The van der Waals surface area contributed by atoms with Crippen molar-refractivity contribution < 1.29 is 22.0 Å². The Morgan fingerprint density at radius 3 is 2.40 bits per heavy atom. The summed E-state index contributed by atoms with van der Waals surface area (Å²) in [6.07, 6.45) is -1.34. The van der Waals surface area contributed by atoms with Gasteiger partial charge in [-0.05, 0) is 48.9 Å². The standard InChI is InChI=1S/C23H22F5N7/c24-17-4-3-16(9-18(17)25)34-7-8-35-22(34)31-21(32-35)30-20-13-1-2-14(20)12-33(11-13)15-5-6-29-19(10-15)23(26,27)28/h3-6,9-10,13-14,20H,1-2,7-8,11-12H2,(H,30,32)/t13-,14?,20?/m0/s1. The topological polar surface area (TPSA) is 62.1 Å². The van der Waals surface area contributed by atoms with Crippen molar-refractivity contribution in [3.8, 4) is 0 Å². The highest BCUT2D eigenvalue weighted by Gasteiger charge is 2.43. The number of fused-ring (bicyclic) bond motifs is 3. The first-order valence-corrected chi connectivity index (χ1v) is 11.5. The normalized spacial score (nSPS) is 23.6. The summed E-state index contributed by atoms with van der Waals surface area (Å²) >= 11 is 0. The molecule has 4 heterocycles. The number of rotatable bonds is 4. The van der Waals surface area contributed by atoms with Gasteiger partial charge in [-0.15, -0.1) is 5.10 Å². The first-order valence-electron chi connectivity index (χ1n) is 11.5. The van der Waals surface area contributed by atoms with E-state index in [0.717, 1.165) is 31.0 Å². The average molecular weight is 491 g/mol. The van der Waals surface area contributed by atoms with Gasteiger partial charge in [0.2, 0.25) is 11.9 Å². The van der Waals surface area contributed by atoms with Crippen molar-refractivity contribution in [1.82, 2.24) is 19.7 Å². The summed E-state index contributed by atoms with van der Waals surface area (Å²) in [6.45, 7) is 2.38. The molecule has 1 saturated carbocycles. The molecule has 3 aliphatic rings. The summed E-state index contributed by atoms with van der Waals surface area (Å²) in [5, 5.41) is 8.00. The summed E-state index contributed by atoms with van der Waals surface area (Å²) in [5.41, 5.74) is 0.152. The summed E-state index contributed by atoms with van der Waals surface area (Å²) < 4.78 is 68.1. The van der Waals surface area contributed by atoms with Crippen LogP contribution in [-0.2, 0) is 12.7 Å². The van der Waals surface area contributed by atoms with E-state index in [4.69, 9.17) is 0 Å². The lowest BCUT2D eigenvalue weighted by molar-refractivity contribution is -0.141. The minimum absolute atomic E-state index is 0.106. The zero-order chi connectivity index (χ0) is 24.3. The number of anilines is 4. The van der Waals surface area contributed by atoms with Crippen molar-refractivity contribution >= 4 is 23.3 Å². The molecule has 0 spiro atoms. The number of benzene rings is 1. The predicted octanol–water partition coefficient (Wildman–Crippen LogP) is 4.45. The van der Waals surface area contributed by atoms with E-state index in [-0.39, 0.29) is 17.9 Å². The predicted molar refractivity (Wildman–Crippen MR) is 118 cm³/mol. The molecular formula is C23H22F5N7. The van der Waals surface area contributed by atoms with Crippen LogP contribution >= 0.6 is 0 Å². The number of nitrogens with zero attached hydrogens (tertiary/aromatic N) is 6. The molecule has 1 aliphatic carbocycles. The van der Waals surface area contributed by atoms with Gasteiger partial charge < -0.3 is 15.1 Å². The lowest BCUT2D eigenvalue weighted by atomic mass is 9.92. The molecule has 1 aromatic carbocycles. The number of hydrogen-bond acceptors (Lipinski definition) is 6. The van der Waals surface area contributed by atoms with Crippen LogP contribution in [0.15, 0.2) is 36.5 Å². The van der Waals surface area contributed by atoms with Crippen LogP contribution in [0.3, 0.4) is 0 Å². The van der Waals surface area contributed by atoms with Crippen molar-refractivity contribution in [2.45, 2.75) is 31.6 Å². The Labute approximate surface area is 197 Å². The number of pyridine rings is 1. The summed E-state index contributed by atoms with van der Waals surface area (Å²) in [5.74, 6) is -0.335. The molecule has 0 amide bonds. The van der Waals surface area contributed by atoms with Crippen molar-refractivity contribution in [3.63, 3.8) is 0 Å². The average Bonchev–Trinajstić information content (AvgIpc) is 3.46. The second kappa shape index (κ2) is 8.06. The maximum absolute atomic E-state index is 13.7. The molecule has 1 saturated heterocycles. The number of alkyl halides is 3. The third kappa shape index (κ3) is 3.94. The number of piperidine rings is 1. The molecule has 3 aromatic rings. The summed E-state index contributed by atoms with van der Waals surface area (Å²) in [7, 11) is 0. The monoisotopic (exact) mass is 491 g/mol. The quantitative estimate of drug-likeness (QED) is 0.545. The number of nitrogens with one attached hydrogen (secondary N) is 1. The van der Waals surface area contributed by atoms with E-state index >= 15 is 0 Å². The van der Waals surface area contributed by atoms with Crippen molar-refractivity contribution in [1.29, 1.82) is 0 Å². The molecule has 1 N–H and O–H groups in total. The molecule has 12 heteroatoms. The Bertz CT molecular complexity index is 1250. The molecule has 2 aliphatic heterocycles. The largest absolute Gasteiger partial charge is 0.433 e. The van der Waals surface area contributed by atoms with Gasteiger partial charge in [-0.2, -0.15) is 18.2 Å². The van der Waals surface area contributed by atoms with Crippen LogP contribution in [0.5, 0.6) is 0 Å². The van der Waals surface area contributed by atoms with E-state index in [9.17, 15) is 22.0 Å². The highest BCUT2D eigenvalue weighted by atomic mass is 19.4. The van der Waals surface area contributed by atoms with Crippen molar-refractivity contribution in [2.24, 2.45) is 11.8 Å². The Balaban J connectivity index is 1.17. The number of hydrogen-bond donors (Lipinski definition) is 1.